The maximum atomic E-state index is 10.6. The van der Waals surface area contributed by atoms with Crippen molar-refractivity contribution >= 4 is 0 Å². The molecule has 15 heavy (non-hydrogen) atoms. The van der Waals surface area contributed by atoms with E-state index in [0.717, 1.165) is 19.3 Å². The summed E-state index contributed by atoms with van der Waals surface area (Å²) >= 11 is 0. The van der Waals surface area contributed by atoms with Crippen LogP contribution in [-0.4, -0.2) is 29.0 Å². The van der Waals surface area contributed by atoms with Gasteiger partial charge in [0.15, 0.2) is 0 Å². The van der Waals surface area contributed by atoms with Gasteiger partial charge >= 0.3 is 0 Å². The minimum Gasteiger partial charge on any atom is -0.393 e. The van der Waals surface area contributed by atoms with E-state index in [-0.39, 0.29) is 23.9 Å². The van der Waals surface area contributed by atoms with Crippen molar-refractivity contribution in [3.8, 4) is 0 Å². The highest BCUT2D eigenvalue weighted by molar-refractivity contribution is 5.13. The van der Waals surface area contributed by atoms with E-state index < -0.39 is 5.60 Å². The molecule has 3 saturated carbocycles. The van der Waals surface area contributed by atoms with Gasteiger partial charge in [-0.25, -0.2) is 0 Å². The summed E-state index contributed by atoms with van der Waals surface area (Å²) in [6.07, 6.45) is 2.93. The SMILES string of the molecule is CC1(C)C2CC(CCN)C(O)(CO)C1C2. The van der Waals surface area contributed by atoms with Crippen molar-refractivity contribution < 1.29 is 10.2 Å². The first-order chi connectivity index (χ1) is 6.96. The average molecular weight is 213 g/mol. The van der Waals surface area contributed by atoms with Gasteiger partial charge in [0.05, 0.1) is 12.2 Å². The molecule has 0 aromatic heterocycles. The minimum atomic E-state index is -0.877. The Morgan fingerprint density at radius 1 is 1.33 bits per heavy atom. The second kappa shape index (κ2) is 3.44. The topological polar surface area (TPSA) is 66.5 Å². The molecular weight excluding hydrogens is 190 g/mol. The van der Waals surface area contributed by atoms with Gasteiger partial charge in [-0.2, -0.15) is 0 Å². The van der Waals surface area contributed by atoms with Crippen molar-refractivity contribution in [1.29, 1.82) is 0 Å². The third-order valence-corrected chi connectivity index (χ3v) is 5.12. The zero-order valence-corrected chi connectivity index (χ0v) is 9.74. The minimum absolute atomic E-state index is 0.113. The molecular formula is C12H23NO2. The van der Waals surface area contributed by atoms with Gasteiger partial charge < -0.3 is 15.9 Å². The zero-order chi connectivity index (χ0) is 11.3. The maximum Gasteiger partial charge on any atom is 0.0939 e. The van der Waals surface area contributed by atoms with Crippen molar-refractivity contribution in [3.63, 3.8) is 0 Å². The molecule has 0 aromatic rings. The standard InChI is InChI=1S/C12H23NO2/c1-11(2)9-5-8(3-4-13)12(15,7-14)10(11)6-9/h8-10,14-15H,3-7,13H2,1-2H3. The van der Waals surface area contributed by atoms with Crippen molar-refractivity contribution in [1.82, 2.24) is 0 Å². The molecule has 0 saturated heterocycles. The largest absolute Gasteiger partial charge is 0.393 e. The number of aliphatic hydroxyl groups excluding tert-OH is 1. The highest BCUT2D eigenvalue weighted by Gasteiger charge is 2.63. The van der Waals surface area contributed by atoms with Gasteiger partial charge in [-0.1, -0.05) is 13.8 Å². The number of aliphatic hydroxyl groups is 2. The Bertz CT molecular complexity index is 254. The van der Waals surface area contributed by atoms with Crippen LogP contribution in [0, 0.1) is 23.2 Å². The molecule has 0 amide bonds. The van der Waals surface area contributed by atoms with E-state index in [1.807, 2.05) is 0 Å². The Morgan fingerprint density at radius 3 is 2.47 bits per heavy atom. The molecule has 3 rings (SSSR count). The molecule has 88 valence electrons. The average Bonchev–Trinajstić information content (AvgIpc) is 2.20. The zero-order valence-electron chi connectivity index (χ0n) is 9.74. The fourth-order valence-corrected chi connectivity index (χ4v) is 3.90. The highest BCUT2D eigenvalue weighted by atomic mass is 16.3. The molecule has 0 aliphatic heterocycles. The van der Waals surface area contributed by atoms with E-state index in [1.54, 1.807) is 0 Å². The van der Waals surface area contributed by atoms with Crippen LogP contribution in [0.25, 0.3) is 0 Å². The van der Waals surface area contributed by atoms with E-state index >= 15 is 0 Å². The fraction of sp³-hybridized carbons (Fsp3) is 1.00. The lowest BCUT2D eigenvalue weighted by Gasteiger charge is -2.65. The summed E-state index contributed by atoms with van der Waals surface area (Å²) in [5.41, 5.74) is 4.89. The fourth-order valence-electron chi connectivity index (χ4n) is 3.90. The van der Waals surface area contributed by atoms with Crippen LogP contribution in [0.5, 0.6) is 0 Å². The third kappa shape index (κ3) is 1.37. The molecule has 4 N–H and O–H groups in total. The molecule has 3 fully saturated rings. The molecule has 2 bridgehead atoms. The Balaban J connectivity index is 2.20. The molecule has 0 heterocycles. The molecule has 3 nitrogen and oxygen atoms in total. The van der Waals surface area contributed by atoms with Gasteiger partial charge in [0.1, 0.15) is 0 Å². The van der Waals surface area contributed by atoms with E-state index in [4.69, 9.17) is 5.73 Å². The van der Waals surface area contributed by atoms with Gasteiger partial charge in [0.25, 0.3) is 0 Å². The monoisotopic (exact) mass is 213 g/mol. The molecule has 0 radical (unpaired) electrons. The second-order valence-electron chi connectivity index (χ2n) is 5.97. The quantitative estimate of drug-likeness (QED) is 0.648. The van der Waals surface area contributed by atoms with Crippen LogP contribution in [0.4, 0.5) is 0 Å². The highest BCUT2D eigenvalue weighted by Crippen LogP contribution is 2.64. The number of fused-ring (bicyclic) bond motifs is 2. The Hall–Kier alpha value is -0.120. The van der Waals surface area contributed by atoms with Crippen LogP contribution in [0.1, 0.15) is 33.1 Å². The van der Waals surface area contributed by atoms with Crippen molar-refractivity contribution in [3.05, 3.63) is 0 Å². The van der Waals surface area contributed by atoms with E-state index in [2.05, 4.69) is 13.8 Å². The van der Waals surface area contributed by atoms with Crippen LogP contribution in [0.15, 0.2) is 0 Å². The van der Waals surface area contributed by atoms with Crippen molar-refractivity contribution in [2.75, 3.05) is 13.2 Å². The number of hydrogen-bond acceptors (Lipinski definition) is 3. The smallest absolute Gasteiger partial charge is 0.0939 e. The first-order valence-corrected chi connectivity index (χ1v) is 6.00. The lowest BCUT2D eigenvalue weighted by Crippen LogP contribution is -2.67. The maximum absolute atomic E-state index is 10.6. The number of rotatable bonds is 3. The summed E-state index contributed by atoms with van der Waals surface area (Å²) in [5.74, 6) is 1.17. The summed E-state index contributed by atoms with van der Waals surface area (Å²) in [7, 11) is 0. The molecule has 4 atom stereocenters. The summed E-state index contributed by atoms with van der Waals surface area (Å²) < 4.78 is 0. The predicted octanol–water partition coefficient (Wildman–Crippen LogP) is 0.741. The molecule has 3 heteroatoms. The third-order valence-electron chi connectivity index (χ3n) is 5.12. The number of nitrogens with two attached hydrogens (primary N) is 1. The Kier molecular flexibility index (Phi) is 2.61. The van der Waals surface area contributed by atoms with Gasteiger partial charge in [-0.15, -0.1) is 0 Å². The summed E-state index contributed by atoms with van der Waals surface area (Å²) in [6, 6.07) is 0. The molecule has 3 aliphatic rings. The Labute approximate surface area is 91.7 Å². The van der Waals surface area contributed by atoms with Gasteiger partial charge in [-0.05, 0) is 49.0 Å². The van der Waals surface area contributed by atoms with Gasteiger partial charge in [0.2, 0.25) is 0 Å². The molecule has 4 unspecified atom stereocenters. The van der Waals surface area contributed by atoms with Crippen LogP contribution >= 0.6 is 0 Å². The van der Waals surface area contributed by atoms with E-state index in [1.165, 1.54) is 0 Å². The van der Waals surface area contributed by atoms with Gasteiger partial charge in [0, 0.05) is 0 Å². The van der Waals surface area contributed by atoms with Crippen LogP contribution < -0.4 is 5.73 Å². The lowest BCUT2D eigenvalue weighted by atomic mass is 9.41. The second-order valence-corrected chi connectivity index (χ2v) is 5.97. The number of hydrogen-bond donors (Lipinski definition) is 3. The summed E-state index contributed by atoms with van der Waals surface area (Å²) in [6.45, 7) is 4.92. The van der Waals surface area contributed by atoms with Crippen LogP contribution in [-0.2, 0) is 0 Å². The summed E-state index contributed by atoms with van der Waals surface area (Å²) in [5, 5.41) is 20.1. The van der Waals surface area contributed by atoms with Crippen molar-refractivity contribution in [2.24, 2.45) is 28.9 Å². The summed E-state index contributed by atoms with van der Waals surface area (Å²) in [4.78, 5) is 0. The molecule has 0 spiro atoms. The van der Waals surface area contributed by atoms with Crippen molar-refractivity contribution in [2.45, 2.75) is 38.7 Å². The first kappa shape index (κ1) is 11.4. The molecule has 3 aliphatic carbocycles. The Morgan fingerprint density at radius 2 is 2.00 bits per heavy atom. The predicted molar refractivity (Wildman–Crippen MR) is 59.2 cm³/mol. The normalized spacial score (nSPS) is 47.4. The molecule has 0 aromatic carbocycles. The van der Waals surface area contributed by atoms with E-state index in [9.17, 15) is 10.2 Å². The lowest BCUT2D eigenvalue weighted by molar-refractivity contribution is -0.247. The first-order valence-electron chi connectivity index (χ1n) is 6.00. The van der Waals surface area contributed by atoms with Crippen LogP contribution in [0.2, 0.25) is 0 Å². The van der Waals surface area contributed by atoms with Crippen LogP contribution in [0.3, 0.4) is 0 Å². The van der Waals surface area contributed by atoms with Gasteiger partial charge in [-0.3, -0.25) is 0 Å². The van der Waals surface area contributed by atoms with E-state index in [0.29, 0.717) is 12.5 Å².